The van der Waals surface area contributed by atoms with Crippen LogP contribution >= 0.6 is 0 Å². The molecule has 0 heterocycles. The van der Waals surface area contributed by atoms with Gasteiger partial charge >= 0.3 is 0 Å². The van der Waals surface area contributed by atoms with Crippen molar-refractivity contribution in [2.75, 3.05) is 0 Å². The summed E-state index contributed by atoms with van der Waals surface area (Å²) in [6.07, 6.45) is 5.69. The Morgan fingerprint density at radius 3 is 1.88 bits per heavy atom. The Balaban J connectivity index is 0. The molecule has 16 heavy (non-hydrogen) atoms. The van der Waals surface area contributed by atoms with Crippen molar-refractivity contribution in [2.45, 2.75) is 84.5 Å². The minimum atomic E-state index is -1.04. The molecule has 0 aromatic carbocycles. The summed E-state index contributed by atoms with van der Waals surface area (Å²) in [5, 5.41) is 0.583. The summed E-state index contributed by atoms with van der Waals surface area (Å²) in [7, 11) is -1.04. The lowest BCUT2D eigenvalue weighted by atomic mass is 9.99. The van der Waals surface area contributed by atoms with Gasteiger partial charge in [0.15, 0.2) is 0 Å². The molecule has 0 aliphatic heterocycles. The molecule has 0 bridgehead atoms. The van der Waals surface area contributed by atoms with Crippen molar-refractivity contribution in [1.29, 1.82) is 0 Å². The van der Waals surface area contributed by atoms with Crippen LogP contribution in [-0.2, 0) is 0 Å². The van der Waals surface area contributed by atoms with E-state index in [1.54, 1.807) is 0 Å². The molecule has 0 atom stereocenters. The van der Waals surface area contributed by atoms with Crippen molar-refractivity contribution < 1.29 is 5.48 Å². The standard InChI is InChI=1S/C14H32Si.H2O/c1-8-9-10-11-12-15(6,7)14(4,5)13(2)3;/h13H,8-12H2,1-7H3;1H2. The monoisotopic (exact) mass is 246 g/mol. The third kappa shape index (κ3) is 5.01. The normalized spacial score (nSPS) is 12.8. The molecule has 0 aliphatic rings. The first-order chi connectivity index (χ1) is 6.75. The Morgan fingerprint density at radius 1 is 1.00 bits per heavy atom. The van der Waals surface area contributed by atoms with Gasteiger partial charge in [0, 0.05) is 0 Å². The van der Waals surface area contributed by atoms with Gasteiger partial charge in [-0.05, 0) is 11.0 Å². The highest BCUT2D eigenvalue weighted by Gasteiger charge is 2.40. The summed E-state index contributed by atoms with van der Waals surface area (Å²) in [4.78, 5) is 0. The van der Waals surface area contributed by atoms with Gasteiger partial charge < -0.3 is 5.48 Å². The van der Waals surface area contributed by atoms with Gasteiger partial charge in [0.05, 0.1) is 8.07 Å². The van der Waals surface area contributed by atoms with Gasteiger partial charge in [-0.2, -0.15) is 0 Å². The van der Waals surface area contributed by atoms with E-state index >= 15 is 0 Å². The molecule has 0 saturated carbocycles. The van der Waals surface area contributed by atoms with Gasteiger partial charge in [0.25, 0.3) is 0 Å². The second-order valence-electron chi connectivity index (χ2n) is 6.57. The highest BCUT2D eigenvalue weighted by molar-refractivity contribution is 6.80. The average molecular weight is 247 g/mol. The van der Waals surface area contributed by atoms with E-state index in [2.05, 4.69) is 47.7 Å². The van der Waals surface area contributed by atoms with Crippen molar-refractivity contribution in [3.8, 4) is 0 Å². The van der Waals surface area contributed by atoms with Crippen LogP contribution in [0.25, 0.3) is 0 Å². The van der Waals surface area contributed by atoms with Gasteiger partial charge in [-0.3, -0.25) is 0 Å². The highest BCUT2D eigenvalue weighted by Crippen LogP contribution is 2.46. The summed E-state index contributed by atoms with van der Waals surface area (Å²) in [5.74, 6) is 0.824. The Bertz CT molecular complexity index is 174. The summed E-state index contributed by atoms with van der Waals surface area (Å²) < 4.78 is 0. The zero-order valence-electron chi connectivity index (χ0n) is 12.6. The molecule has 2 heteroatoms. The fraction of sp³-hybridized carbons (Fsp3) is 1.00. The molecule has 2 N–H and O–H groups in total. The van der Waals surface area contributed by atoms with E-state index < -0.39 is 8.07 Å². The van der Waals surface area contributed by atoms with Crippen molar-refractivity contribution in [1.82, 2.24) is 0 Å². The first kappa shape index (κ1) is 18.5. The molecular weight excluding hydrogens is 212 g/mol. The first-order valence-electron chi connectivity index (χ1n) is 6.75. The molecule has 0 fully saturated rings. The Morgan fingerprint density at radius 2 is 1.50 bits per heavy atom. The highest BCUT2D eigenvalue weighted by atomic mass is 28.3. The third-order valence-electron chi connectivity index (χ3n) is 4.84. The molecule has 0 amide bonds. The molecule has 0 unspecified atom stereocenters. The number of hydrogen-bond acceptors (Lipinski definition) is 0. The smallest absolute Gasteiger partial charge is 0.0532 e. The molecule has 0 aromatic heterocycles. The Kier molecular flexibility index (Phi) is 8.68. The van der Waals surface area contributed by atoms with Gasteiger partial charge in [-0.25, -0.2) is 0 Å². The maximum Gasteiger partial charge on any atom is 0.0532 e. The topological polar surface area (TPSA) is 31.5 Å². The van der Waals surface area contributed by atoms with E-state index in [-0.39, 0.29) is 5.48 Å². The van der Waals surface area contributed by atoms with E-state index in [1.807, 2.05) is 0 Å². The maximum atomic E-state index is 2.58. The van der Waals surface area contributed by atoms with E-state index in [0.29, 0.717) is 5.04 Å². The van der Waals surface area contributed by atoms with Crippen LogP contribution in [-0.4, -0.2) is 13.6 Å². The van der Waals surface area contributed by atoms with Crippen LogP contribution in [0.2, 0.25) is 24.2 Å². The number of unbranched alkanes of at least 4 members (excludes halogenated alkanes) is 3. The third-order valence-corrected chi connectivity index (χ3v) is 10.5. The molecule has 1 nitrogen and oxygen atoms in total. The molecule has 0 radical (unpaired) electrons. The van der Waals surface area contributed by atoms with E-state index in [1.165, 1.54) is 31.7 Å². The van der Waals surface area contributed by atoms with Gasteiger partial charge in [-0.1, -0.05) is 79.4 Å². The molecule has 0 saturated heterocycles. The van der Waals surface area contributed by atoms with Crippen LogP contribution in [0, 0.1) is 5.92 Å². The second-order valence-corrected chi connectivity index (χ2v) is 12.1. The Hall–Kier alpha value is 0.177. The van der Waals surface area contributed by atoms with Gasteiger partial charge in [-0.15, -0.1) is 0 Å². The first-order valence-corrected chi connectivity index (χ1v) is 9.96. The number of rotatable bonds is 7. The maximum absolute atomic E-state index is 2.58. The van der Waals surface area contributed by atoms with Crippen LogP contribution in [0.1, 0.15) is 60.3 Å². The quantitative estimate of drug-likeness (QED) is 0.452. The summed E-state index contributed by atoms with van der Waals surface area (Å²) in [6, 6.07) is 1.51. The van der Waals surface area contributed by atoms with Crippen LogP contribution in [0.4, 0.5) is 0 Å². The van der Waals surface area contributed by atoms with Crippen molar-refractivity contribution in [3.05, 3.63) is 0 Å². The second kappa shape index (κ2) is 7.49. The zero-order chi connectivity index (χ0) is 12.1. The zero-order valence-corrected chi connectivity index (χ0v) is 13.6. The van der Waals surface area contributed by atoms with Crippen LogP contribution in [0.3, 0.4) is 0 Å². The summed E-state index contributed by atoms with van der Waals surface area (Å²) in [5.41, 5.74) is 0. The summed E-state index contributed by atoms with van der Waals surface area (Å²) >= 11 is 0. The van der Waals surface area contributed by atoms with Crippen LogP contribution < -0.4 is 0 Å². The van der Waals surface area contributed by atoms with Crippen LogP contribution in [0.15, 0.2) is 0 Å². The lowest BCUT2D eigenvalue weighted by Crippen LogP contribution is -2.41. The van der Waals surface area contributed by atoms with Crippen molar-refractivity contribution in [3.63, 3.8) is 0 Å². The summed E-state index contributed by atoms with van der Waals surface area (Å²) in [6.45, 7) is 17.2. The predicted octanol–water partition coefficient (Wildman–Crippen LogP) is 4.89. The van der Waals surface area contributed by atoms with Gasteiger partial charge in [0.1, 0.15) is 0 Å². The average Bonchev–Trinajstić information content (AvgIpc) is 2.12. The molecular formula is C14H34OSi. The SMILES string of the molecule is CCCCCC[Si](C)(C)C(C)(C)C(C)C.O. The fourth-order valence-corrected chi connectivity index (χ4v) is 5.44. The van der Waals surface area contributed by atoms with Crippen molar-refractivity contribution >= 4 is 8.07 Å². The lowest BCUT2D eigenvalue weighted by Gasteiger charge is -2.43. The molecule has 0 aliphatic carbocycles. The van der Waals surface area contributed by atoms with Gasteiger partial charge in [0.2, 0.25) is 0 Å². The molecule has 0 aromatic rings. The van der Waals surface area contributed by atoms with E-state index in [4.69, 9.17) is 0 Å². The van der Waals surface area contributed by atoms with E-state index in [9.17, 15) is 0 Å². The van der Waals surface area contributed by atoms with Crippen LogP contribution in [0.5, 0.6) is 0 Å². The predicted molar refractivity (Wildman–Crippen MR) is 78.9 cm³/mol. The molecule has 100 valence electrons. The Labute approximate surface area is 104 Å². The minimum absolute atomic E-state index is 0. The fourth-order valence-electron chi connectivity index (χ4n) is 2.10. The largest absolute Gasteiger partial charge is 0.412 e. The van der Waals surface area contributed by atoms with Crippen molar-refractivity contribution in [2.24, 2.45) is 5.92 Å². The lowest BCUT2D eigenvalue weighted by molar-refractivity contribution is 0.454. The minimum Gasteiger partial charge on any atom is -0.412 e. The molecule has 0 spiro atoms. The molecule has 0 rings (SSSR count). The van der Waals surface area contributed by atoms with E-state index in [0.717, 1.165) is 5.92 Å². The number of hydrogen-bond donors (Lipinski definition) is 0.